The molecular weight excluding hydrogens is 232 g/mol. The number of furan rings is 1. The van der Waals surface area contributed by atoms with Crippen LogP contribution in [0.15, 0.2) is 77.2 Å². The second-order valence-corrected chi connectivity index (χ2v) is 4.68. The number of hydrogen-bond acceptors (Lipinski definition) is 1. The molecule has 3 aromatic carbocycles. The highest BCUT2D eigenvalue weighted by molar-refractivity contribution is 6.06. The van der Waals surface area contributed by atoms with Gasteiger partial charge in [-0.2, -0.15) is 0 Å². The van der Waals surface area contributed by atoms with Crippen LogP contribution in [-0.2, 0) is 0 Å². The quantitative estimate of drug-likeness (QED) is 0.445. The van der Waals surface area contributed by atoms with Crippen LogP contribution in [0.1, 0.15) is 0 Å². The van der Waals surface area contributed by atoms with Crippen molar-refractivity contribution in [1.82, 2.24) is 0 Å². The van der Waals surface area contributed by atoms with E-state index in [9.17, 15) is 0 Å². The molecule has 0 fully saturated rings. The minimum Gasteiger partial charge on any atom is -0.456 e. The molecule has 0 N–H and O–H groups in total. The van der Waals surface area contributed by atoms with E-state index in [2.05, 4.69) is 48.5 Å². The predicted octanol–water partition coefficient (Wildman–Crippen LogP) is 5.25. The van der Waals surface area contributed by atoms with E-state index < -0.39 is 0 Å². The first-order chi connectivity index (χ1) is 9.42. The Hall–Kier alpha value is -2.54. The topological polar surface area (TPSA) is 13.1 Å². The fourth-order valence-electron chi connectivity index (χ4n) is 2.54. The lowest BCUT2D eigenvalue weighted by atomic mass is 10.0. The SMILES string of the molecule is c1ccc(-c2ccc3oc4ccccc4c3c2)cc1. The van der Waals surface area contributed by atoms with Crippen LogP contribution < -0.4 is 0 Å². The zero-order chi connectivity index (χ0) is 12.7. The molecule has 0 aliphatic heterocycles. The lowest BCUT2D eigenvalue weighted by Crippen LogP contribution is -1.76. The minimum atomic E-state index is 0.945. The van der Waals surface area contributed by atoms with E-state index in [1.807, 2.05) is 24.3 Å². The van der Waals surface area contributed by atoms with Gasteiger partial charge in [0.1, 0.15) is 11.2 Å². The molecule has 19 heavy (non-hydrogen) atoms. The summed E-state index contributed by atoms with van der Waals surface area (Å²) in [5, 5.41) is 2.35. The molecule has 0 saturated carbocycles. The maximum absolute atomic E-state index is 5.84. The third-order valence-corrected chi connectivity index (χ3v) is 3.48. The Balaban J connectivity index is 2.03. The molecule has 0 aliphatic rings. The van der Waals surface area contributed by atoms with Gasteiger partial charge in [-0.05, 0) is 29.3 Å². The molecule has 4 rings (SSSR count). The second-order valence-electron chi connectivity index (χ2n) is 4.68. The molecule has 1 nitrogen and oxygen atoms in total. The molecule has 1 heterocycles. The van der Waals surface area contributed by atoms with Crippen molar-refractivity contribution in [3.63, 3.8) is 0 Å². The summed E-state index contributed by atoms with van der Waals surface area (Å²) < 4.78 is 5.84. The highest BCUT2D eigenvalue weighted by atomic mass is 16.3. The average Bonchev–Trinajstić information content (AvgIpc) is 2.86. The fourth-order valence-corrected chi connectivity index (χ4v) is 2.54. The Labute approximate surface area is 111 Å². The molecule has 1 aromatic heterocycles. The number of benzene rings is 3. The lowest BCUT2D eigenvalue weighted by Gasteiger charge is -2.00. The Morgan fingerprint density at radius 1 is 0.526 bits per heavy atom. The molecule has 0 spiro atoms. The molecule has 90 valence electrons. The largest absolute Gasteiger partial charge is 0.456 e. The van der Waals surface area contributed by atoms with Crippen LogP contribution >= 0.6 is 0 Å². The van der Waals surface area contributed by atoms with Gasteiger partial charge in [0, 0.05) is 10.8 Å². The number of rotatable bonds is 1. The minimum absolute atomic E-state index is 0.945. The van der Waals surface area contributed by atoms with Crippen LogP contribution in [0.3, 0.4) is 0 Å². The van der Waals surface area contributed by atoms with Crippen molar-refractivity contribution in [3.05, 3.63) is 72.8 Å². The van der Waals surface area contributed by atoms with Gasteiger partial charge >= 0.3 is 0 Å². The van der Waals surface area contributed by atoms with Crippen LogP contribution in [0.25, 0.3) is 33.1 Å². The van der Waals surface area contributed by atoms with Gasteiger partial charge in [-0.1, -0.05) is 54.6 Å². The van der Waals surface area contributed by atoms with Crippen molar-refractivity contribution in [2.45, 2.75) is 0 Å². The standard InChI is InChI=1S/C18H12O/c1-2-6-13(7-3-1)14-10-11-18-16(12-14)15-8-4-5-9-17(15)19-18/h1-12H. The molecule has 1 heteroatoms. The third kappa shape index (κ3) is 1.63. The lowest BCUT2D eigenvalue weighted by molar-refractivity contribution is 0.669. The van der Waals surface area contributed by atoms with E-state index in [1.54, 1.807) is 0 Å². The van der Waals surface area contributed by atoms with E-state index in [0.29, 0.717) is 0 Å². The Kier molecular flexibility index (Phi) is 2.18. The molecule has 0 aliphatic carbocycles. The Morgan fingerprint density at radius 2 is 1.26 bits per heavy atom. The van der Waals surface area contributed by atoms with Crippen molar-refractivity contribution in [1.29, 1.82) is 0 Å². The zero-order valence-electron chi connectivity index (χ0n) is 10.3. The van der Waals surface area contributed by atoms with Gasteiger partial charge in [-0.3, -0.25) is 0 Å². The van der Waals surface area contributed by atoms with Crippen LogP contribution in [0.2, 0.25) is 0 Å². The van der Waals surface area contributed by atoms with E-state index in [-0.39, 0.29) is 0 Å². The molecular formula is C18H12O. The summed E-state index contributed by atoms with van der Waals surface area (Å²) in [5.41, 5.74) is 4.35. The van der Waals surface area contributed by atoms with Gasteiger partial charge in [-0.15, -0.1) is 0 Å². The second kappa shape index (κ2) is 3.99. The molecule has 0 atom stereocenters. The summed E-state index contributed by atoms with van der Waals surface area (Å²) in [7, 11) is 0. The smallest absolute Gasteiger partial charge is 0.135 e. The number of hydrogen-bond donors (Lipinski definition) is 0. The van der Waals surface area contributed by atoms with E-state index >= 15 is 0 Å². The summed E-state index contributed by atoms with van der Waals surface area (Å²) in [5.74, 6) is 0. The van der Waals surface area contributed by atoms with Gasteiger partial charge < -0.3 is 4.42 Å². The van der Waals surface area contributed by atoms with Crippen LogP contribution in [0.4, 0.5) is 0 Å². The first kappa shape index (κ1) is 10.4. The monoisotopic (exact) mass is 244 g/mol. The van der Waals surface area contributed by atoms with Crippen molar-refractivity contribution >= 4 is 21.9 Å². The highest BCUT2D eigenvalue weighted by Crippen LogP contribution is 2.31. The molecule has 0 bridgehead atoms. The van der Waals surface area contributed by atoms with Gasteiger partial charge in [-0.25, -0.2) is 0 Å². The van der Waals surface area contributed by atoms with Crippen molar-refractivity contribution in [2.75, 3.05) is 0 Å². The zero-order valence-corrected chi connectivity index (χ0v) is 10.3. The van der Waals surface area contributed by atoms with Crippen molar-refractivity contribution < 1.29 is 4.42 Å². The first-order valence-electron chi connectivity index (χ1n) is 6.38. The van der Waals surface area contributed by atoms with E-state index in [1.165, 1.54) is 21.9 Å². The van der Waals surface area contributed by atoms with Gasteiger partial charge in [0.05, 0.1) is 0 Å². The molecule has 0 saturated heterocycles. The highest BCUT2D eigenvalue weighted by Gasteiger charge is 2.07. The maximum Gasteiger partial charge on any atom is 0.135 e. The average molecular weight is 244 g/mol. The number of fused-ring (bicyclic) bond motifs is 3. The summed E-state index contributed by atoms with van der Waals surface area (Å²) in [6.07, 6.45) is 0. The third-order valence-electron chi connectivity index (χ3n) is 3.48. The summed E-state index contributed by atoms with van der Waals surface area (Å²) >= 11 is 0. The molecule has 0 radical (unpaired) electrons. The normalized spacial score (nSPS) is 11.2. The van der Waals surface area contributed by atoms with Crippen molar-refractivity contribution in [2.24, 2.45) is 0 Å². The van der Waals surface area contributed by atoms with Gasteiger partial charge in [0.15, 0.2) is 0 Å². The van der Waals surface area contributed by atoms with Crippen LogP contribution in [0.5, 0.6) is 0 Å². The summed E-state index contributed by atoms with van der Waals surface area (Å²) in [4.78, 5) is 0. The Morgan fingerprint density at radius 3 is 2.16 bits per heavy atom. The van der Waals surface area contributed by atoms with Crippen LogP contribution in [-0.4, -0.2) is 0 Å². The van der Waals surface area contributed by atoms with Gasteiger partial charge in [0.2, 0.25) is 0 Å². The summed E-state index contributed by atoms with van der Waals surface area (Å²) in [6.45, 7) is 0. The molecule has 4 aromatic rings. The van der Waals surface area contributed by atoms with E-state index in [0.717, 1.165) is 11.2 Å². The fraction of sp³-hybridized carbons (Fsp3) is 0. The van der Waals surface area contributed by atoms with Gasteiger partial charge in [0.25, 0.3) is 0 Å². The Bertz CT molecular complexity index is 857. The molecule has 0 amide bonds. The number of para-hydroxylation sites is 1. The molecule has 0 unspecified atom stereocenters. The summed E-state index contributed by atoms with van der Waals surface area (Å²) in [6, 6.07) is 25.0. The first-order valence-corrected chi connectivity index (χ1v) is 6.38. The maximum atomic E-state index is 5.84. The van der Waals surface area contributed by atoms with Crippen molar-refractivity contribution in [3.8, 4) is 11.1 Å². The van der Waals surface area contributed by atoms with E-state index in [4.69, 9.17) is 4.42 Å². The van der Waals surface area contributed by atoms with Crippen LogP contribution in [0, 0.1) is 0 Å². The predicted molar refractivity (Wildman–Crippen MR) is 79.2 cm³/mol.